The molecule has 0 aliphatic carbocycles. The molecule has 168 valence electrons. The van der Waals surface area contributed by atoms with Gasteiger partial charge in [-0.25, -0.2) is 13.4 Å². The molecule has 0 aliphatic heterocycles. The number of thiazole rings is 1. The molecule has 33 heavy (non-hydrogen) atoms. The van der Waals surface area contributed by atoms with Crippen molar-refractivity contribution in [3.8, 4) is 10.7 Å². The van der Waals surface area contributed by atoms with Crippen LogP contribution in [0.2, 0.25) is 0 Å². The first-order chi connectivity index (χ1) is 15.8. The number of nitrogens with one attached hydrogen (secondary N) is 1. The molecule has 2 aromatic heterocycles. The number of benzene rings is 2. The second-order valence-corrected chi connectivity index (χ2v) is 10.4. The maximum Gasteiger partial charge on any atom is 0.267 e. The number of carbonyl (C=O) groups excluding carboxylic acids is 1. The summed E-state index contributed by atoms with van der Waals surface area (Å²) < 4.78 is 27.1. The average Bonchev–Trinajstić information content (AvgIpc) is 3.22. The van der Waals surface area contributed by atoms with Gasteiger partial charge in [0.1, 0.15) is 9.88 Å². The van der Waals surface area contributed by atoms with E-state index in [4.69, 9.17) is 0 Å². The van der Waals surface area contributed by atoms with Crippen LogP contribution in [0, 0.1) is 6.92 Å². The van der Waals surface area contributed by atoms with E-state index in [1.807, 2.05) is 48.5 Å². The van der Waals surface area contributed by atoms with E-state index in [9.17, 15) is 13.2 Å². The lowest BCUT2D eigenvalue weighted by Gasteiger charge is -2.17. The lowest BCUT2D eigenvalue weighted by molar-refractivity contribution is 0.103. The molecule has 9 heteroatoms. The molecule has 0 radical (unpaired) electrons. The van der Waals surface area contributed by atoms with Crippen LogP contribution in [0.1, 0.15) is 20.9 Å². The molecule has 0 fully saturated rings. The van der Waals surface area contributed by atoms with Crippen LogP contribution < -0.4 is 5.32 Å². The Balaban J connectivity index is 1.46. The number of aromatic nitrogens is 2. The highest BCUT2D eigenvalue weighted by molar-refractivity contribution is 7.89. The number of aryl methyl sites for hydroxylation is 1. The molecule has 0 atom stereocenters. The Morgan fingerprint density at radius 3 is 2.36 bits per heavy atom. The van der Waals surface area contributed by atoms with Crippen molar-refractivity contribution in [2.24, 2.45) is 0 Å². The number of carbonyl (C=O) groups is 1. The number of anilines is 1. The zero-order valence-corrected chi connectivity index (χ0v) is 19.7. The fraction of sp³-hybridized carbons (Fsp3) is 0.125. The second-order valence-electron chi connectivity index (χ2n) is 7.37. The third-order valence-corrected chi connectivity index (χ3v) is 7.95. The van der Waals surface area contributed by atoms with Crippen molar-refractivity contribution in [2.45, 2.75) is 18.4 Å². The minimum atomic E-state index is -3.66. The summed E-state index contributed by atoms with van der Waals surface area (Å²) in [6.45, 7) is 2.04. The molecule has 0 spiro atoms. The number of rotatable bonds is 7. The summed E-state index contributed by atoms with van der Waals surface area (Å²) in [5, 5.41) is 3.48. The molecule has 0 bridgehead atoms. The van der Waals surface area contributed by atoms with Crippen LogP contribution in [-0.2, 0) is 16.6 Å². The topological polar surface area (TPSA) is 92.3 Å². The van der Waals surface area contributed by atoms with Crippen molar-refractivity contribution in [3.63, 3.8) is 0 Å². The van der Waals surface area contributed by atoms with Gasteiger partial charge in [0.25, 0.3) is 5.91 Å². The number of hydrogen-bond donors (Lipinski definition) is 1. The van der Waals surface area contributed by atoms with Gasteiger partial charge in [-0.05, 0) is 48.9 Å². The normalized spacial score (nSPS) is 11.5. The highest BCUT2D eigenvalue weighted by Crippen LogP contribution is 2.27. The van der Waals surface area contributed by atoms with Crippen molar-refractivity contribution >= 4 is 33.0 Å². The number of amides is 1. The Morgan fingerprint density at radius 2 is 1.70 bits per heavy atom. The summed E-state index contributed by atoms with van der Waals surface area (Å²) in [5.41, 5.74) is 2.72. The second kappa shape index (κ2) is 9.62. The fourth-order valence-electron chi connectivity index (χ4n) is 3.21. The zero-order valence-electron chi connectivity index (χ0n) is 18.1. The third-order valence-electron chi connectivity index (χ3n) is 4.96. The molecule has 0 unspecified atom stereocenters. The van der Waals surface area contributed by atoms with Gasteiger partial charge >= 0.3 is 0 Å². The lowest BCUT2D eigenvalue weighted by atomic mass is 10.2. The number of pyridine rings is 1. The zero-order chi connectivity index (χ0) is 23.4. The lowest BCUT2D eigenvalue weighted by Crippen LogP contribution is -2.26. The van der Waals surface area contributed by atoms with E-state index >= 15 is 0 Å². The van der Waals surface area contributed by atoms with Crippen molar-refractivity contribution < 1.29 is 13.2 Å². The van der Waals surface area contributed by atoms with E-state index in [0.29, 0.717) is 27.0 Å². The summed E-state index contributed by atoms with van der Waals surface area (Å²) in [7, 11) is -2.12. The van der Waals surface area contributed by atoms with Crippen LogP contribution in [0.25, 0.3) is 10.7 Å². The molecule has 0 aliphatic rings. The number of sulfonamides is 1. The summed E-state index contributed by atoms with van der Waals surface area (Å²) in [6, 6.07) is 21.1. The Hall–Kier alpha value is -3.40. The maximum absolute atomic E-state index is 12.9. The third kappa shape index (κ3) is 5.16. The quantitative estimate of drug-likeness (QED) is 0.420. The molecule has 0 saturated carbocycles. The van der Waals surface area contributed by atoms with E-state index in [1.54, 1.807) is 32.3 Å². The summed E-state index contributed by atoms with van der Waals surface area (Å²) in [6.07, 6.45) is 1.68. The van der Waals surface area contributed by atoms with Crippen molar-refractivity contribution in [1.82, 2.24) is 14.3 Å². The first-order valence-corrected chi connectivity index (χ1v) is 12.4. The highest BCUT2D eigenvalue weighted by Gasteiger charge is 2.21. The molecule has 1 N–H and O–H groups in total. The predicted molar refractivity (Wildman–Crippen MR) is 130 cm³/mol. The first-order valence-electron chi connectivity index (χ1n) is 10.1. The van der Waals surface area contributed by atoms with Crippen LogP contribution >= 0.6 is 11.3 Å². The molecule has 4 aromatic rings. The molecule has 2 aromatic carbocycles. The van der Waals surface area contributed by atoms with Gasteiger partial charge in [-0.1, -0.05) is 36.4 Å². The Kier molecular flexibility index (Phi) is 6.64. The van der Waals surface area contributed by atoms with Crippen LogP contribution in [0.15, 0.2) is 83.9 Å². The van der Waals surface area contributed by atoms with E-state index < -0.39 is 10.0 Å². The van der Waals surface area contributed by atoms with Gasteiger partial charge in [0.2, 0.25) is 10.0 Å². The monoisotopic (exact) mass is 478 g/mol. The SMILES string of the molecule is Cc1nc(-c2ccccn2)sc1C(=O)Nc1ccc(S(=O)(=O)N(C)Cc2ccccc2)cc1. The molecule has 2 heterocycles. The fourth-order valence-corrected chi connectivity index (χ4v) is 5.31. The summed E-state index contributed by atoms with van der Waals surface area (Å²) >= 11 is 1.26. The molecule has 1 amide bonds. The molecule has 7 nitrogen and oxygen atoms in total. The van der Waals surface area contributed by atoms with E-state index in [1.165, 1.54) is 27.8 Å². The van der Waals surface area contributed by atoms with Gasteiger partial charge in [0.15, 0.2) is 0 Å². The molecule has 0 saturated heterocycles. The number of nitrogens with zero attached hydrogens (tertiary/aromatic N) is 3. The van der Waals surface area contributed by atoms with Gasteiger partial charge in [-0.15, -0.1) is 11.3 Å². The molecular weight excluding hydrogens is 456 g/mol. The van der Waals surface area contributed by atoms with E-state index in [0.717, 1.165) is 5.56 Å². The minimum absolute atomic E-state index is 0.158. The van der Waals surface area contributed by atoms with E-state index in [2.05, 4.69) is 15.3 Å². The van der Waals surface area contributed by atoms with E-state index in [-0.39, 0.29) is 17.3 Å². The molecule has 4 rings (SSSR count). The maximum atomic E-state index is 12.9. The van der Waals surface area contributed by atoms with Crippen LogP contribution in [0.3, 0.4) is 0 Å². The highest BCUT2D eigenvalue weighted by atomic mass is 32.2. The van der Waals surface area contributed by atoms with Crippen LogP contribution in [0.5, 0.6) is 0 Å². The van der Waals surface area contributed by atoms with Crippen LogP contribution in [-0.4, -0.2) is 35.6 Å². The summed E-state index contributed by atoms with van der Waals surface area (Å²) in [5.74, 6) is -0.302. The molecular formula is C24H22N4O3S2. The van der Waals surface area contributed by atoms with Crippen molar-refractivity contribution in [1.29, 1.82) is 0 Å². The van der Waals surface area contributed by atoms with Crippen molar-refractivity contribution in [3.05, 3.63) is 95.1 Å². The van der Waals surface area contributed by atoms with Gasteiger partial charge < -0.3 is 5.32 Å². The minimum Gasteiger partial charge on any atom is -0.321 e. The van der Waals surface area contributed by atoms with Crippen LogP contribution in [0.4, 0.5) is 5.69 Å². The van der Waals surface area contributed by atoms with Gasteiger partial charge in [0.05, 0.1) is 16.3 Å². The summed E-state index contributed by atoms with van der Waals surface area (Å²) in [4.78, 5) is 22.2. The average molecular weight is 479 g/mol. The Bertz CT molecular complexity index is 1350. The Morgan fingerprint density at radius 1 is 1.00 bits per heavy atom. The van der Waals surface area contributed by atoms with Gasteiger partial charge in [-0.2, -0.15) is 4.31 Å². The van der Waals surface area contributed by atoms with Gasteiger partial charge in [-0.3, -0.25) is 9.78 Å². The Labute approximate surface area is 196 Å². The predicted octanol–water partition coefficient (Wildman–Crippen LogP) is 4.59. The number of hydrogen-bond acceptors (Lipinski definition) is 6. The van der Waals surface area contributed by atoms with Gasteiger partial charge in [0, 0.05) is 25.5 Å². The van der Waals surface area contributed by atoms with Crippen molar-refractivity contribution in [2.75, 3.05) is 12.4 Å². The smallest absolute Gasteiger partial charge is 0.267 e. The first kappa shape index (κ1) is 22.8. The standard InChI is InChI=1S/C24H22N4O3S2/c1-17-22(32-24(26-17)21-10-6-7-15-25-21)23(29)27-19-11-13-20(14-12-19)33(30,31)28(2)16-18-8-4-3-5-9-18/h3-15H,16H2,1-2H3,(H,27,29). The largest absolute Gasteiger partial charge is 0.321 e.